The first-order chi connectivity index (χ1) is 18.1. The molecule has 1 aliphatic heterocycles. The quantitative estimate of drug-likeness (QED) is 0.314. The number of hydrogen-bond acceptors (Lipinski definition) is 6. The predicted octanol–water partition coefficient (Wildman–Crippen LogP) is 4.67. The fourth-order valence-corrected chi connectivity index (χ4v) is 4.17. The Balaban J connectivity index is 1.52. The molecule has 1 aromatic heterocycles. The Kier molecular flexibility index (Phi) is 9.21. The molecule has 8 nitrogen and oxygen atoms in total. The average Bonchev–Trinajstić information content (AvgIpc) is 3.61. The van der Waals surface area contributed by atoms with Gasteiger partial charge in [0.05, 0.1) is 12.8 Å². The minimum absolute atomic E-state index is 0.0499. The number of benzene rings is 2. The number of hydrogen-bond donors (Lipinski definition) is 0. The third-order valence-electron chi connectivity index (χ3n) is 6.23. The average molecular weight is 507 g/mol. The summed E-state index contributed by atoms with van der Waals surface area (Å²) in [7, 11) is 0. The summed E-state index contributed by atoms with van der Waals surface area (Å²) in [4.78, 5) is 30.4. The van der Waals surface area contributed by atoms with Crippen molar-refractivity contribution in [3.05, 3.63) is 83.3 Å². The van der Waals surface area contributed by atoms with Crippen LogP contribution in [0.4, 0.5) is 0 Å². The largest absolute Gasteiger partial charge is 0.467 e. The van der Waals surface area contributed by atoms with Crippen molar-refractivity contribution in [2.45, 2.75) is 39.8 Å². The summed E-state index contributed by atoms with van der Waals surface area (Å²) in [5.74, 6) is 1.66. The van der Waals surface area contributed by atoms with Gasteiger partial charge in [-0.3, -0.25) is 9.59 Å². The fourth-order valence-electron chi connectivity index (χ4n) is 4.17. The zero-order valence-corrected chi connectivity index (χ0v) is 21.5. The highest BCUT2D eigenvalue weighted by Crippen LogP contribution is 2.33. The first-order valence-corrected chi connectivity index (χ1v) is 12.7. The molecule has 0 aliphatic carbocycles. The maximum absolute atomic E-state index is 13.6. The molecule has 0 saturated heterocycles. The highest BCUT2D eigenvalue weighted by Gasteiger charge is 2.24. The molecular weight excluding hydrogens is 472 g/mol. The second-order valence-corrected chi connectivity index (χ2v) is 8.84. The lowest BCUT2D eigenvalue weighted by Crippen LogP contribution is -2.43. The summed E-state index contributed by atoms with van der Waals surface area (Å²) in [6, 6.07) is 16.8. The lowest BCUT2D eigenvalue weighted by atomic mass is 10.1. The van der Waals surface area contributed by atoms with Crippen LogP contribution >= 0.6 is 0 Å². The van der Waals surface area contributed by atoms with Crippen LogP contribution in [0.3, 0.4) is 0 Å². The Labute approximate surface area is 217 Å². The van der Waals surface area contributed by atoms with Gasteiger partial charge in [-0.2, -0.15) is 0 Å². The standard InChI is InChI=1S/C29H34N2O6/c1-3-22-8-11-24(12-9-22)29(33)30(14-6-15-34-4-2)20-28(32)31(19-25-7-5-16-35-25)18-23-10-13-26-27(17-23)37-21-36-26/h5,7-13,16-17H,3-4,6,14-15,18-21H2,1-2H3. The number of carbonyl (C=O) groups is 2. The van der Waals surface area contributed by atoms with Gasteiger partial charge in [0.25, 0.3) is 5.91 Å². The minimum atomic E-state index is -0.177. The van der Waals surface area contributed by atoms with Crippen molar-refractivity contribution in [2.24, 2.45) is 0 Å². The molecule has 1 aliphatic rings. The van der Waals surface area contributed by atoms with Gasteiger partial charge in [-0.1, -0.05) is 25.1 Å². The van der Waals surface area contributed by atoms with Crippen LogP contribution in [0.25, 0.3) is 0 Å². The molecule has 0 spiro atoms. The fraction of sp³-hybridized carbons (Fsp3) is 0.379. The van der Waals surface area contributed by atoms with Crippen molar-refractivity contribution >= 4 is 11.8 Å². The Morgan fingerprint density at radius 1 is 0.919 bits per heavy atom. The number of fused-ring (bicyclic) bond motifs is 1. The van der Waals surface area contributed by atoms with Gasteiger partial charge in [-0.25, -0.2) is 0 Å². The zero-order valence-electron chi connectivity index (χ0n) is 21.5. The van der Waals surface area contributed by atoms with E-state index in [2.05, 4.69) is 6.92 Å². The molecule has 0 bridgehead atoms. The highest BCUT2D eigenvalue weighted by atomic mass is 16.7. The number of amides is 2. The van der Waals surface area contributed by atoms with E-state index < -0.39 is 0 Å². The topological polar surface area (TPSA) is 81.5 Å². The third kappa shape index (κ3) is 7.13. The summed E-state index contributed by atoms with van der Waals surface area (Å²) in [6.07, 6.45) is 3.12. The van der Waals surface area contributed by atoms with Crippen molar-refractivity contribution < 1.29 is 28.2 Å². The summed E-state index contributed by atoms with van der Waals surface area (Å²) >= 11 is 0. The van der Waals surface area contributed by atoms with E-state index in [0.717, 1.165) is 17.5 Å². The summed E-state index contributed by atoms with van der Waals surface area (Å²) in [6.45, 7) is 6.31. The first kappa shape index (κ1) is 26.3. The molecule has 3 aromatic rings. The molecule has 0 N–H and O–H groups in total. The lowest BCUT2D eigenvalue weighted by Gasteiger charge is -2.27. The Morgan fingerprint density at radius 3 is 2.43 bits per heavy atom. The number of furan rings is 1. The maximum atomic E-state index is 13.6. The van der Waals surface area contributed by atoms with E-state index >= 15 is 0 Å². The van der Waals surface area contributed by atoms with Crippen molar-refractivity contribution in [3.63, 3.8) is 0 Å². The molecule has 4 rings (SSSR count). The second-order valence-electron chi connectivity index (χ2n) is 8.84. The predicted molar refractivity (Wildman–Crippen MR) is 138 cm³/mol. The van der Waals surface area contributed by atoms with Crippen LogP contribution in [0, 0.1) is 0 Å². The van der Waals surface area contributed by atoms with Gasteiger partial charge in [-0.05, 0) is 67.3 Å². The summed E-state index contributed by atoms with van der Waals surface area (Å²) < 4.78 is 21.9. The second kappa shape index (κ2) is 13.0. The van der Waals surface area contributed by atoms with Crippen LogP contribution in [0.15, 0.2) is 65.3 Å². The molecule has 2 aromatic carbocycles. The van der Waals surface area contributed by atoms with Crippen LogP contribution in [-0.4, -0.2) is 54.7 Å². The van der Waals surface area contributed by atoms with E-state index in [1.807, 2.05) is 55.5 Å². The Morgan fingerprint density at radius 2 is 1.70 bits per heavy atom. The molecular formula is C29H34N2O6. The Bertz CT molecular complexity index is 1160. The van der Waals surface area contributed by atoms with E-state index in [1.165, 1.54) is 0 Å². The molecule has 0 atom stereocenters. The zero-order chi connectivity index (χ0) is 26.0. The van der Waals surface area contributed by atoms with Crippen LogP contribution < -0.4 is 9.47 Å². The molecule has 0 unspecified atom stereocenters. The van der Waals surface area contributed by atoms with E-state index in [-0.39, 0.29) is 31.7 Å². The van der Waals surface area contributed by atoms with Crippen LogP contribution in [0.2, 0.25) is 0 Å². The van der Waals surface area contributed by atoms with Crippen molar-refractivity contribution in [1.82, 2.24) is 9.80 Å². The smallest absolute Gasteiger partial charge is 0.254 e. The van der Waals surface area contributed by atoms with Crippen molar-refractivity contribution in [3.8, 4) is 11.5 Å². The summed E-state index contributed by atoms with van der Waals surface area (Å²) in [5, 5.41) is 0. The minimum Gasteiger partial charge on any atom is -0.467 e. The maximum Gasteiger partial charge on any atom is 0.254 e. The van der Waals surface area contributed by atoms with Crippen molar-refractivity contribution in [1.29, 1.82) is 0 Å². The molecule has 196 valence electrons. The van der Waals surface area contributed by atoms with Crippen LogP contribution in [-0.2, 0) is 29.0 Å². The molecule has 2 amide bonds. The molecule has 37 heavy (non-hydrogen) atoms. The number of rotatable bonds is 13. The van der Waals surface area contributed by atoms with Crippen molar-refractivity contribution in [2.75, 3.05) is 33.1 Å². The van der Waals surface area contributed by atoms with Gasteiger partial charge in [-0.15, -0.1) is 0 Å². The molecule has 0 fully saturated rings. The molecule has 0 saturated carbocycles. The van der Waals surface area contributed by atoms with Gasteiger partial charge in [0.1, 0.15) is 12.3 Å². The molecule has 2 heterocycles. The first-order valence-electron chi connectivity index (χ1n) is 12.7. The highest BCUT2D eigenvalue weighted by molar-refractivity contribution is 5.96. The van der Waals surface area contributed by atoms with E-state index in [0.29, 0.717) is 55.5 Å². The van der Waals surface area contributed by atoms with Gasteiger partial charge in [0, 0.05) is 31.9 Å². The van der Waals surface area contributed by atoms with E-state index in [4.69, 9.17) is 18.6 Å². The number of nitrogens with zero attached hydrogens (tertiary/aromatic N) is 2. The van der Waals surface area contributed by atoms with Gasteiger partial charge in [0.15, 0.2) is 11.5 Å². The number of ether oxygens (including phenoxy) is 3. The molecule has 0 radical (unpaired) electrons. The molecule has 8 heteroatoms. The van der Waals surface area contributed by atoms with Gasteiger partial charge < -0.3 is 28.4 Å². The van der Waals surface area contributed by atoms with Gasteiger partial charge in [0.2, 0.25) is 12.7 Å². The SMILES string of the molecule is CCOCCCN(CC(=O)N(Cc1ccc2c(c1)OCO2)Cc1ccco1)C(=O)c1ccc(CC)cc1. The van der Waals surface area contributed by atoms with Crippen LogP contribution in [0.5, 0.6) is 11.5 Å². The Hall–Kier alpha value is -3.78. The van der Waals surface area contributed by atoms with E-state index in [9.17, 15) is 9.59 Å². The normalized spacial score (nSPS) is 11.9. The van der Waals surface area contributed by atoms with Crippen LogP contribution in [0.1, 0.15) is 47.5 Å². The summed E-state index contributed by atoms with van der Waals surface area (Å²) in [5.41, 5.74) is 2.62. The van der Waals surface area contributed by atoms with Gasteiger partial charge >= 0.3 is 0 Å². The van der Waals surface area contributed by atoms with E-state index in [1.54, 1.807) is 22.1 Å². The number of aryl methyl sites for hydroxylation is 1. The third-order valence-corrected chi connectivity index (χ3v) is 6.23. The number of carbonyl (C=O) groups excluding carboxylic acids is 2. The monoisotopic (exact) mass is 506 g/mol. The lowest BCUT2D eigenvalue weighted by molar-refractivity contribution is -0.133.